The monoisotopic (exact) mass is 339 g/mol. The lowest BCUT2D eigenvalue weighted by atomic mass is 9.75. The van der Waals surface area contributed by atoms with Crippen LogP contribution in [0, 0.1) is 5.41 Å². The van der Waals surface area contributed by atoms with Gasteiger partial charge in [0, 0.05) is 17.6 Å². The molecule has 110 valence electrons. The average molecular weight is 340 g/mol. The second-order valence-corrected chi connectivity index (χ2v) is 7.39. The summed E-state index contributed by atoms with van der Waals surface area (Å²) in [4.78, 5) is 14.3. The van der Waals surface area contributed by atoms with Gasteiger partial charge >= 0.3 is 0 Å². The fourth-order valence-electron chi connectivity index (χ4n) is 2.81. The number of phenolic OH excluding ortho intramolecular Hbond substituents is 1. The minimum absolute atomic E-state index is 0.0428. The molecule has 0 aliphatic heterocycles. The number of amides is 1. The van der Waals surface area contributed by atoms with Crippen molar-refractivity contribution in [1.29, 1.82) is 0 Å². The van der Waals surface area contributed by atoms with E-state index in [1.165, 1.54) is 0 Å². The number of benzene rings is 1. The van der Waals surface area contributed by atoms with Crippen molar-refractivity contribution in [1.82, 2.24) is 4.90 Å². The van der Waals surface area contributed by atoms with Crippen molar-refractivity contribution in [2.24, 2.45) is 5.41 Å². The smallest absolute Gasteiger partial charge is 0.257 e. The molecule has 0 radical (unpaired) electrons. The number of nitrogens with zero attached hydrogens (tertiary/aromatic N) is 1. The summed E-state index contributed by atoms with van der Waals surface area (Å²) in [5.74, 6) is -0.0605. The molecule has 2 rings (SSSR count). The first-order chi connectivity index (χ1) is 9.30. The zero-order chi connectivity index (χ0) is 14.9. The molecule has 1 amide bonds. The zero-order valence-corrected chi connectivity index (χ0v) is 13.9. The van der Waals surface area contributed by atoms with Crippen molar-refractivity contribution >= 4 is 21.8 Å². The molecule has 1 fully saturated rings. The molecule has 0 heterocycles. The highest BCUT2D eigenvalue weighted by Crippen LogP contribution is 2.37. The lowest BCUT2D eigenvalue weighted by molar-refractivity contribution is 0.0632. The van der Waals surface area contributed by atoms with Gasteiger partial charge in [0.25, 0.3) is 5.91 Å². The maximum absolute atomic E-state index is 12.5. The largest absolute Gasteiger partial charge is 0.507 e. The topological polar surface area (TPSA) is 40.5 Å². The van der Waals surface area contributed by atoms with Gasteiger partial charge in [0.1, 0.15) is 5.75 Å². The summed E-state index contributed by atoms with van der Waals surface area (Å²) in [6.45, 7) is 4.57. The minimum Gasteiger partial charge on any atom is -0.507 e. The summed E-state index contributed by atoms with van der Waals surface area (Å²) < 4.78 is 0.803. The van der Waals surface area contributed by atoms with Crippen LogP contribution in [-0.2, 0) is 0 Å². The van der Waals surface area contributed by atoms with E-state index in [0.29, 0.717) is 11.0 Å². The normalized spacial score (nSPS) is 18.8. The Kier molecular flexibility index (Phi) is 4.43. The Hall–Kier alpha value is -1.03. The van der Waals surface area contributed by atoms with Gasteiger partial charge in [0.05, 0.1) is 5.56 Å². The van der Waals surface area contributed by atoms with E-state index >= 15 is 0 Å². The third-order valence-corrected chi connectivity index (χ3v) is 4.86. The van der Waals surface area contributed by atoms with Crippen LogP contribution in [0.4, 0.5) is 0 Å². The van der Waals surface area contributed by atoms with E-state index in [0.717, 1.165) is 30.2 Å². The molecule has 1 N–H and O–H groups in total. The predicted octanol–water partition coefficient (Wildman–Crippen LogP) is 4.20. The molecule has 1 aromatic rings. The van der Waals surface area contributed by atoms with Crippen molar-refractivity contribution in [3.05, 3.63) is 28.2 Å². The Morgan fingerprint density at radius 3 is 2.55 bits per heavy atom. The fraction of sp³-hybridized carbons (Fsp3) is 0.562. The quantitative estimate of drug-likeness (QED) is 0.877. The Balaban J connectivity index is 2.11. The Bertz CT molecular complexity index is 503. The van der Waals surface area contributed by atoms with Crippen LogP contribution in [-0.4, -0.2) is 29.0 Å². The van der Waals surface area contributed by atoms with Crippen molar-refractivity contribution in [2.75, 3.05) is 7.05 Å². The molecule has 0 unspecified atom stereocenters. The highest BCUT2D eigenvalue weighted by molar-refractivity contribution is 9.10. The molecule has 0 spiro atoms. The number of carbonyl (C=O) groups excluding carboxylic acids is 1. The predicted molar refractivity (Wildman–Crippen MR) is 83.9 cm³/mol. The summed E-state index contributed by atoms with van der Waals surface area (Å²) in [7, 11) is 1.84. The third kappa shape index (κ3) is 3.35. The van der Waals surface area contributed by atoms with Crippen LogP contribution in [0.15, 0.2) is 22.7 Å². The highest BCUT2D eigenvalue weighted by Gasteiger charge is 2.31. The van der Waals surface area contributed by atoms with Gasteiger partial charge in [-0.2, -0.15) is 0 Å². The maximum atomic E-state index is 12.5. The second kappa shape index (κ2) is 5.76. The first-order valence-corrected chi connectivity index (χ1v) is 7.85. The van der Waals surface area contributed by atoms with Crippen LogP contribution in [0.5, 0.6) is 5.75 Å². The molecule has 0 atom stereocenters. The van der Waals surface area contributed by atoms with Crippen LogP contribution in [0.3, 0.4) is 0 Å². The zero-order valence-electron chi connectivity index (χ0n) is 12.3. The summed E-state index contributed by atoms with van der Waals surface area (Å²) in [5.41, 5.74) is 0.755. The van der Waals surface area contributed by atoms with Gasteiger partial charge in [-0.1, -0.05) is 29.8 Å². The summed E-state index contributed by atoms with van der Waals surface area (Å²) >= 11 is 3.34. The summed E-state index contributed by atoms with van der Waals surface area (Å²) in [6.07, 6.45) is 4.34. The maximum Gasteiger partial charge on any atom is 0.257 e. The molecule has 1 aliphatic rings. The lowest BCUT2D eigenvalue weighted by Crippen LogP contribution is -2.40. The first kappa shape index (κ1) is 15.4. The first-order valence-electron chi connectivity index (χ1n) is 7.06. The van der Waals surface area contributed by atoms with Crippen LogP contribution >= 0.6 is 15.9 Å². The Morgan fingerprint density at radius 1 is 1.35 bits per heavy atom. The Labute approximate surface area is 129 Å². The number of halogens is 1. The van der Waals surface area contributed by atoms with E-state index < -0.39 is 0 Å². The van der Waals surface area contributed by atoms with Crippen molar-refractivity contribution in [2.45, 2.75) is 45.6 Å². The van der Waals surface area contributed by atoms with Gasteiger partial charge < -0.3 is 10.0 Å². The number of phenols is 1. The SMILES string of the molecule is CN(C(=O)c1cc(Br)ccc1O)C1CCC(C)(C)CC1. The fourth-order valence-corrected chi connectivity index (χ4v) is 3.17. The van der Waals surface area contributed by atoms with E-state index in [1.54, 1.807) is 23.1 Å². The van der Waals surface area contributed by atoms with Crippen molar-refractivity contribution in [3.8, 4) is 5.75 Å². The molecule has 1 saturated carbocycles. The Morgan fingerprint density at radius 2 is 1.95 bits per heavy atom. The molecular formula is C16H22BrNO2. The number of carbonyl (C=O) groups is 1. The number of hydrogen-bond acceptors (Lipinski definition) is 2. The molecule has 1 aromatic carbocycles. The van der Waals surface area contributed by atoms with E-state index in [2.05, 4.69) is 29.8 Å². The third-order valence-electron chi connectivity index (χ3n) is 4.37. The van der Waals surface area contributed by atoms with Gasteiger partial charge in [0.2, 0.25) is 0 Å². The van der Waals surface area contributed by atoms with Crippen LogP contribution in [0.1, 0.15) is 49.9 Å². The van der Waals surface area contributed by atoms with Gasteiger partial charge in [-0.3, -0.25) is 4.79 Å². The molecule has 3 nitrogen and oxygen atoms in total. The molecule has 20 heavy (non-hydrogen) atoms. The number of hydrogen-bond donors (Lipinski definition) is 1. The molecule has 4 heteroatoms. The molecular weight excluding hydrogens is 318 g/mol. The molecule has 0 aromatic heterocycles. The number of rotatable bonds is 2. The van der Waals surface area contributed by atoms with E-state index in [9.17, 15) is 9.90 Å². The van der Waals surface area contributed by atoms with Crippen LogP contribution in [0.2, 0.25) is 0 Å². The van der Waals surface area contributed by atoms with Gasteiger partial charge in [-0.15, -0.1) is 0 Å². The molecule has 0 saturated heterocycles. The summed E-state index contributed by atoms with van der Waals surface area (Å²) in [5, 5.41) is 9.87. The van der Waals surface area contributed by atoms with E-state index in [4.69, 9.17) is 0 Å². The van der Waals surface area contributed by atoms with Crippen molar-refractivity contribution in [3.63, 3.8) is 0 Å². The van der Waals surface area contributed by atoms with Gasteiger partial charge in [0.15, 0.2) is 0 Å². The van der Waals surface area contributed by atoms with E-state index in [1.807, 2.05) is 7.05 Å². The summed E-state index contributed by atoms with van der Waals surface area (Å²) in [6, 6.07) is 5.24. The molecule has 0 bridgehead atoms. The second-order valence-electron chi connectivity index (χ2n) is 6.47. The van der Waals surface area contributed by atoms with Crippen LogP contribution in [0.25, 0.3) is 0 Å². The van der Waals surface area contributed by atoms with Gasteiger partial charge in [-0.25, -0.2) is 0 Å². The standard InChI is InChI=1S/C16H22BrNO2/c1-16(2)8-6-12(7-9-16)18(3)15(20)13-10-11(17)4-5-14(13)19/h4-5,10,12,19H,6-9H2,1-3H3. The number of aromatic hydroxyl groups is 1. The van der Waals surface area contributed by atoms with Crippen molar-refractivity contribution < 1.29 is 9.90 Å². The minimum atomic E-state index is -0.103. The van der Waals surface area contributed by atoms with E-state index in [-0.39, 0.29) is 17.7 Å². The lowest BCUT2D eigenvalue weighted by Gasteiger charge is -2.38. The highest BCUT2D eigenvalue weighted by atomic mass is 79.9. The molecule has 1 aliphatic carbocycles. The van der Waals surface area contributed by atoms with Crippen LogP contribution < -0.4 is 0 Å². The average Bonchev–Trinajstić information content (AvgIpc) is 2.40. The van der Waals surface area contributed by atoms with Gasteiger partial charge in [-0.05, 0) is 49.3 Å².